The number of hydrogen-bond donors (Lipinski definition) is 3. The summed E-state index contributed by atoms with van der Waals surface area (Å²) < 4.78 is 0. The van der Waals surface area contributed by atoms with Crippen molar-refractivity contribution in [3.63, 3.8) is 0 Å². The number of carbonyl (C=O) groups excluding carboxylic acids is 2. The standard InChI is InChI=1S/C21H24N10O2/c1-10-7-12(10)20(32)25-15-8-13(17(27-26-15)21(33)22-2)24-19-18-11(5-6-23-19)16-14(9-30(18)3)28-31(4)29-16/h5-6,8,10,12H,7,9H2,1-4H3,(H,22,33)(H2,23,24,25,26,32)/t10-,12+/m1/s1. The van der Waals surface area contributed by atoms with Crippen LogP contribution in [-0.4, -0.2) is 56.1 Å². The Kier molecular flexibility index (Phi) is 4.91. The van der Waals surface area contributed by atoms with E-state index in [2.05, 4.69) is 41.3 Å². The van der Waals surface area contributed by atoms with Gasteiger partial charge in [-0.3, -0.25) is 9.59 Å². The van der Waals surface area contributed by atoms with Crippen LogP contribution in [0.4, 0.5) is 23.0 Å². The summed E-state index contributed by atoms with van der Waals surface area (Å²) in [6, 6.07) is 3.48. The molecule has 4 heterocycles. The number of aryl methyl sites for hydroxylation is 1. The van der Waals surface area contributed by atoms with Crippen LogP contribution in [0.2, 0.25) is 0 Å². The molecule has 3 N–H and O–H groups in total. The number of rotatable bonds is 5. The smallest absolute Gasteiger partial charge is 0.273 e. The SMILES string of the molecule is CNC(=O)c1nnc(NC(=O)[C@H]2C[C@H]2C)cc1Nc1nccc2c1N(C)Cc1nn(C)nc1-2. The lowest BCUT2D eigenvalue weighted by Gasteiger charge is -2.28. The van der Waals surface area contributed by atoms with Crippen LogP contribution in [0.1, 0.15) is 29.5 Å². The fraction of sp³-hybridized carbons (Fsp3) is 0.381. The number of amides is 2. The molecule has 5 rings (SSSR count). The van der Waals surface area contributed by atoms with Gasteiger partial charge in [-0.1, -0.05) is 6.92 Å². The lowest BCUT2D eigenvalue weighted by molar-refractivity contribution is -0.117. The zero-order valence-corrected chi connectivity index (χ0v) is 18.7. The first-order valence-corrected chi connectivity index (χ1v) is 10.6. The van der Waals surface area contributed by atoms with Gasteiger partial charge in [0.1, 0.15) is 11.4 Å². The first kappa shape index (κ1) is 20.8. The second-order valence-corrected chi connectivity index (χ2v) is 8.40. The minimum absolute atomic E-state index is 0.0144. The molecule has 0 spiro atoms. The summed E-state index contributed by atoms with van der Waals surface area (Å²) >= 11 is 0. The largest absolute Gasteiger partial charge is 0.365 e. The van der Waals surface area contributed by atoms with Crippen LogP contribution in [0.25, 0.3) is 11.3 Å². The molecule has 2 atom stereocenters. The highest BCUT2D eigenvalue weighted by Crippen LogP contribution is 2.42. The van der Waals surface area contributed by atoms with Crippen molar-refractivity contribution in [1.82, 2.24) is 35.5 Å². The maximum atomic E-state index is 12.4. The van der Waals surface area contributed by atoms with Crippen LogP contribution in [0.3, 0.4) is 0 Å². The highest BCUT2D eigenvalue weighted by molar-refractivity contribution is 6.00. The Morgan fingerprint density at radius 2 is 1.97 bits per heavy atom. The lowest BCUT2D eigenvalue weighted by Crippen LogP contribution is -2.25. The highest BCUT2D eigenvalue weighted by atomic mass is 16.2. The molecule has 2 aliphatic rings. The predicted molar refractivity (Wildman–Crippen MR) is 121 cm³/mol. The molecule has 1 fully saturated rings. The normalized spacial score (nSPS) is 18.2. The number of anilines is 4. The Balaban J connectivity index is 1.53. The maximum Gasteiger partial charge on any atom is 0.273 e. The van der Waals surface area contributed by atoms with Crippen molar-refractivity contribution < 1.29 is 9.59 Å². The average molecular weight is 448 g/mol. The fourth-order valence-corrected chi connectivity index (χ4v) is 4.06. The third-order valence-electron chi connectivity index (χ3n) is 5.92. The molecular formula is C21H24N10O2. The second kappa shape index (κ2) is 7.80. The second-order valence-electron chi connectivity index (χ2n) is 8.40. The van der Waals surface area contributed by atoms with E-state index in [1.54, 1.807) is 24.1 Å². The van der Waals surface area contributed by atoms with Gasteiger partial charge in [-0.2, -0.15) is 15.0 Å². The third kappa shape index (κ3) is 3.73. The summed E-state index contributed by atoms with van der Waals surface area (Å²) in [7, 11) is 5.25. The topological polar surface area (TPSA) is 143 Å². The number of pyridine rings is 1. The van der Waals surface area contributed by atoms with Gasteiger partial charge in [-0.25, -0.2) is 4.98 Å². The molecule has 0 unspecified atom stereocenters. The van der Waals surface area contributed by atoms with E-state index >= 15 is 0 Å². The number of nitrogens with one attached hydrogen (secondary N) is 3. The zero-order chi connectivity index (χ0) is 23.3. The van der Waals surface area contributed by atoms with Gasteiger partial charge in [0.05, 0.1) is 17.9 Å². The number of hydrogen-bond acceptors (Lipinski definition) is 9. The molecule has 0 bridgehead atoms. The Morgan fingerprint density at radius 3 is 2.70 bits per heavy atom. The van der Waals surface area contributed by atoms with Gasteiger partial charge in [0.25, 0.3) is 5.91 Å². The minimum atomic E-state index is -0.409. The van der Waals surface area contributed by atoms with Gasteiger partial charge in [0, 0.05) is 44.9 Å². The van der Waals surface area contributed by atoms with Crippen LogP contribution in [-0.2, 0) is 18.4 Å². The molecule has 3 aromatic heterocycles. The molecule has 1 aliphatic carbocycles. The van der Waals surface area contributed by atoms with E-state index < -0.39 is 5.91 Å². The Morgan fingerprint density at radius 1 is 1.18 bits per heavy atom. The van der Waals surface area contributed by atoms with Crippen molar-refractivity contribution >= 4 is 34.8 Å². The van der Waals surface area contributed by atoms with Crippen molar-refractivity contribution in [3.05, 3.63) is 29.7 Å². The van der Waals surface area contributed by atoms with E-state index in [0.717, 1.165) is 29.1 Å². The van der Waals surface area contributed by atoms with Crippen LogP contribution < -0.4 is 20.9 Å². The average Bonchev–Trinajstić information content (AvgIpc) is 3.41. The predicted octanol–water partition coefficient (Wildman–Crippen LogP) is 1.31. The molecule has 2 amide bonds. The molecule has 170 valence electrons. The van der Waals surface area contributed by atoms with Gasteiger partial charge < -0.3 is 20.9 Å². The summed E-state index contributed by atoms with van der Waals surface area (Å²) in [4.78, 5) is 32.9. The van der Waals surface area contributed by atoms with Crippen LogP contribution in [0.5, 0.6) is 0 Å². The quantitative estimate of drug-likeness (QED) is 0.526. The third-order valence-corrected chi connectivity index (χ3v) is 5.92. The van der Waals surface area contributed by atoms with Crippen LogP contribution in [0, 0.1) is 11.8 Å². The number of carbonyl (C=O) groups is 2. The summed E-state index contributed by atoms with van der Waals surface area (Å²) in [5.74, 6) is 0.636. The van der Waals surface area contributed by atoms with Gasteiger partial charge in [-0.05, 0) is 18.4 Å². The molecule has 1 aliphatic heterocycles. The van der Waals surface area contributed by atoms with Crippen molar-refractivity contribution in [2.24, 2.45) is 18.9 Å². The van der Waals surface area contributed by atoms with E-state index in [0.29, 0.717) is 24.0 Å². The summed E-state index contributed by atoms with van der Waals surface area (Å²) in [5, 5.41) is 25.6. The molecular weight excluding hydrogens is 424 g/mol. The molecule has 0 saturated heterocycles. The maximum absolute atomic E-state index is 12.4. The molecule has 1 saturated carbocycles. The Labute approximate surface area is 189 Å². The van der Waals surface area contributed by atoms with E-state index in [1.165, 1.54) is 7.05 Å². The van der Waals surface area contributed by atoms with Crippen molar-refractivity contribution in [2.45, 2.75) is 19.9 Å². The van der Waals surface area contributed by atoms with E-state index in [4.69, 9.17) is 0 Å². The molecule has 33 heavy (non-hydrogen) atoms. The molecule has 0 aromatic carbocycles. The number of nitrogens with zero attached hydrogens (tertiary/aromatic N) is 7. The highest BCUT2D eigenvalue weighted by Gasteiger charge is 2.39. The van der Waals surface area contributed by atoms with Crippen molar-refractivity contribution in [1.29, 1.82) is 0 Å². The van der Waals surface area contributed by atoms with E-state index in [-0.39, 0.29) is 23.3 Å². The molecule has 12 nitrogen and oxygen atoms in total. The Bertz CT molecular complexity index is 1270. The first-order valence-electron chi connectivity index (χ1n) is 10.6. The minimum Gasteiger partial charge on any atom is -0.365 e. The monoisotopic (exact) mass is 448 g/mol. The van der Waals surface area contributed by atoms with Crippen molar-refractivity contribution in [3.8, 4) is 11.3 Å². The van der Waals surface area contributed by atoms with E-state index in [9.17, 15) is 9.59 Å². The summed E-state index contributed by atoms with van der Waals surface area (Å²) in [6.45, 7) is 2.59. The summed E-state index contributed by atoms with van der Waals surface area (Å²) in [5.41, 5.74) is 3.84. The Hall–Kier alpha value is -4.09. The van der Waals surface area contributed by atoms with Gasteiger partial charge >= 0.3 is 0 Å². The molecule has 3 aromatic rings. The molecule has 0 radical (unpaired) electrons. The summed E-state index contributed by atoms with van der Waals surface area (Å²) in [6.07, 6.45) is 2.53. The number of aromatic nitrogens is 6. The van der Waals surface area contributed by atoms with Gasteiger partial charge in [0.2, 0.25) is 5.91 Å². The zero-order valence-electron chi connectivity index (χ0n) is 18.7. The van der Waals surface area contributed by atoms with Crippen LogP contribution in [0.15, 0.2) is 18.3 Å². The van der Waals surface area contributed by atoms with E-state index in [1.807, 2.05) is 24.9 Å². The lowest BCUT2D eigenvalue weighted by atomic mass is 10.0. The fourth-order valence-electron chi connectivity index (χ4n) is 4.06. The van der Waals surface area contributed by atoms with Crippen molar-refractivity contribution in [2.75, 3.05) is 29.6 Å². The van der Waals surface area contributed by atoms with Gasteiger partial charge in [0.15, 0.2) is 17.3 Å². The molecule has 12 heteroatoms. The van der Waals surface area contributed by atoms with Crippen LogP contribution >= 0.6 is 0 Å². The number of fused-ring (bicyclic) bond motifs is 3. The van der Waals surface area contributed by atoms with Gasteiger partial charge in [-0.15, -0.1) is 10.2 Å². The first-order chi connectivity index (χ1) is 15.9.